The molecule has 0 fully saturated rings. The first kappa shape index (κ1) is 13.4. The smallest absolute Gasteiger partial charge is 0.302 e. The van der Waals surface area contributed by atoms with E-state index < -0.39 is 17.6 Å². The number of rotatable bonds is 5. The van der Waals surface area contributed by atoms with Crippen molar-refractivity contribution >= 4 is 17.4 Å². The van der Waals surface area contributed by atoms with Crippen LogP contribution in [-0.4, -0.2) is 38.6 Å². The number of aliphatic hydroxyl groups is 2. The predicted octanol–water partition coefficient (Wildman–Crippen LogP) is 0.307. The fourth-order valence-corrected chi connectivity index (χ4v) is 1.84. The fraction of sp³-hybridized carbons (Fsp3) is 0.333. The topological polar surface area (TPSA) is 120 Å². The van der Waals surface area contributed by atoms with Gasteiger partial charge >= 0.3 is 5.69 Å². The average Bonchev–Trinajstić information content (AvgIpc) is 2.35. The monoisotopic (exact) mass is 255 g/mol. The van der Waals surface area contributed by atoms with Crippen molar-refractivity contribution in [3.05, 3.63) is 27.9 Å². The van der Waals surface area contributed by atoms with E-state index in [-0.39, 0.29) is 22.0 Å². The average molecular weight is 255 g/mol. The number of aromatic nitrogens is 1. The van der Waals surface area contributed by atoms with Gasteiger partial charge in [0.2, 0.25) is 0 Å². The highest BCUT2D eigenvalue weighted by molar-refractivity contribution is 7.99. The first-order valence-corrected chi connectivity index (χ1v) is 5.53. The van der Waals surface area contributed by atoms with E-state index in [0.717, 1.165) is 17.8 Å². The van der Waals surface area contributed by atoms with Crippen molar-refractivity contribution in [1.82, 2.24) is 4.98 Å². The molecule has 0 aliphatic carbocycles. The van der Waals surface area contributed by atoms with E-state index in [1.165, 1.54) is 6.20 Å². The zero-order chi connectivity index (χ0) is 12.8. The Morgan fingerprint density at radius 1 is 1.71 bits per heavy atom. The Morgan fingerprint density at radius 2 is 2.41 bits per heavy atom. The Labute approximate surface area is 101 Å². The standard InChI is InChI=1S/C9H9N3O4S/c10-2-6-1-8(12(15)16)9(11-3-6)17-5-7(14)4-13/h1,3,7,13-14H,4-5H2. The van der Waals surface area contributed by atoms with Crippen LogP contribution in [0, 0.1) is 21.4 Å². The molecule has 7 nitrogen and oxygen atoms in total. The molecule has 90 valence electrons. The van der Waals surface area contributed by atoms with Crippen molar-refractivity contribution in [2.75, 3.05) is 12.4 Å². The Bertz CT molecular complexity index is 460. The maximum Gasteiger partial charge on any atom is 0.302 e. The summed E-state index contributed by atoms with van der Waals surface area (Å²) in [5, 5.41) is 37.2. The summed E-state index contributed by atoms with van der Waals surface area (Å²) in [5.41, 5.74) is -0.178. The van der Waals surface area contributed by atoms with Crippen LogP contribution in [0.2, 0.25) is 0 Å². The lowest BCUT2D eigenvalue weighted by molar-refractivity contribution is -0.388. The molecule has 1 rings (SSSR count). The summed E-state index contributed by atoms with van der Waals surface area (Å²) in [4.78, 5) is 13.9. The van der Waals surface area contributed by atoms with Gasteiger partial charge in [-0.05, 0) is 0 Å². The zero-order valence-electron chi connectivity index (χ0n) is 8.61. The summed E-state index contributed by atoms with van der Waals surface area (Å²) in [7, 11) is 0. The van der Waals surface area contributed by atoms with Gasteiger partial charge in [-0.25, -0.2) is 4.98 Å². The molecule has 0 bridgehead atoms. The van der Waals surface area contributed by atoms with Gasteiger partial charge in [0.15, 0.2) is 5.03 Å². The molecule has 0 saturated heterocycles. The minimum atomic E-state index is -0.961. The Balaban J connectivity index is 2.92. The van der Waals surface area contributed by atoms with Crippen LogP contribution in [0.3, 0.4) is 0 Å². The molecule has 1 aromatic rings. The minimum absolute atomic E-state index is 0.0935. The molecule has 8 heteroatoms. The van der Waals surface area contributed by atoms with E-state index >= 15 is 0 Å². The number of hydrogen-bond acceptors (Lipinski definition) is 7. The van der Waals surface area contributed by atoms with Gasteiger partial charge in [0.05, 0.1) is 23.2 Å². The lowest BCUT2D eigenvalue weighted by Gasteiger charge is -2.06. The van der Waals surface area contributed by atoms with Crippen LogP contribution < -0.4 is 0 Å². The molecule has 0 aliphatic rings. The van der Waals surface area contributed by atoms with Crippen LogP contribution >= 0.6 is 11.8 Å². The number of nitro groups is 1. The second-order valence-electron chi connectivity index (χ2n) is 3.06. The Morgan fingerprint density at radius 3 is 2.94 bits per heavy atom. The summed E-state index contributed by atoms with van der Waals surface area (Å²) in [6.45, 7) is -0.420. The van der Waals surface area contributed by atoms with E-state index in [0.29, 0.717) is 0 Å². The highest BCUT2D eigenvalue weighted by Crippen LogP contribution is 2.27. The molecular formula is C9H9N3O4S. The highest BCUT2D eigenvalue weighted by Gasteiger charge is 2.17. The molecular weight excluding hydrogens is 246 g/mol. The number of hydrogen-bond donors (Lipinski definition) is 2. The zero-order valence-corrected chi connectivity index (χ0v) is 9.42. The molecule has 0 saturated carbocycles. The first-order valence-electron chi connectivity index (χ1n) is 4.54. The van der Waals surface area contributed by atoms with Crippen molar-refractivity contribution in [3.8, 4) is 6.07 Å². The summed E-state index contributed by atoms with van der Waals surface area (Å²) < 4.78 is 0. The molecule has 0 spiro atoms. The van der Waals surface area contributed by atoms with Gasteiger partial charge in [-0.1, -0.05) is 11.8 Å². The molecule has 0 amide bonds. The highest BCUT2D eigenvalue weighted by atomic mass is 32.2. The number of nitrogens with zero attached hydrogens (tertiary/aromatic N) is 3. The molecule has 0 aliphatic heterocycles. The lowest BCUT2D eigenvalue weighted by atomic mass is 10.3. The van der Waals surface area contributed by atoms with Crippen LogP contribution in [0.25, 0.3) is 0 Å². The minimum Gasteiger partial charge on any atom is -0.394 e. The molecule has 2 N–H and O–H groups in total. The second-order valence-corrected chi connectivity index (χ2v) is 4.07. The van der Waals surface area contributed by atoms with Crippen LogP contribution in [0.5, 0.6) is 0 Å². The van der Waals surface area contributed by atoms with Gasteiger partial charge in [0.25, 0.3) is 0 Å². The molecule has 0 aromatic carbocycles. The largest absolute Gasteiger partial charge is 0.394 e. The summed E-state index contributed by atoms with van der Waals surface area (Å²) in [5.74, 6) is 0.0935. The van der Waals surface area contributed by atoms with Crippen LogP contribution in [0.1, 0.15) is 5.56 Å². The molecule has 17 heavy (non-hydrogen) atoms. The van der Waals surface area contributed by atoms with Crippen molar-refractivity contribution in [2.45, 2.75) is 11.1 Å². The number of aliphatic hydroxyl groups excluding tert-OH is 2. The maximum atomic E-state index is 10.7. The predicted molar refractivity (Wildman–Crippen MR) is 59.4 cm³/mol. The maximum absolute atomic E-state index is 10.7. The molecule has 1 heterocycles. The van der Waals surface area contributed by atoms with Crippen molar-refractivity contribution in [2.24, 2.45) is 0 Å². The third-order valence-corrected chi connectivity index (χ3v) is 2.92. The summed E-state index contributed by atoms with van der Waals surface area (Å²) >= 11 is 0.955. The van der Waals surface area contributed by atoms with E-state index in [2.05, 4.69) is 4.98 Å². The fourth-order valence-electron chi connectivity index (χ4n) is 0.972. The molecule has 1 atom stereocenters. The van der Waals surface area contributed by atoms with Crippen LogP contribution in [0.4, 0.5) is 5.69 Å². The Kier molecular flexibility index (Phi) is 4.84. The quantitative estimate of drug-likeness (QED) is 0.441. The van der Waals surface area contributed by atoms with Gasteiger partial charge in [0, 0.05) is 18.0 Å². The van der Waals surface area contributed by atoms with Crippen molar-refractivity contribution in [3.63, 3.8) is 0 Å². The normalized spacial score (nSPS) is 11.8. The SMILES string of the molecule is N#Cc1cnc(SCC(O)CO)c([N+](=O)[O-])c1. The van der Waals surface area contributed by atoms with Crippen molar-refractivity contribution in [1.29, 1.82) is 5.26 Å². The number of pyridine rings is 1. The third-order valence-electron chi connectivity index (χ3n) is 1.78. The second kappa shape index (κ2) is 6.15. The molecule has 1 aromatic heterocycles. The van der Waals surface area contributed by atoms with Gasteiger partial charge in [-0.3, -0.25) is 10.1 Å². The van der Waals surface area contributed by atoms with E-state index in [1.54, 1.807) is 6.07 Å². The third kappa shape index (κ3) is 3.67. The summed E-state index contributed by atoms with van der Waals surface area (Å²) in [6, 6.07) is 2.89. The number of thioether (sulfide) groups is 1. The van der Waals surface area contributed by atoms with E-state index in [1.807, 2.05) is 0 Å². The van der Waals surface area contributed by atoms with E-state index in [4.69, 9.17) is 15.5 Å². The first-order chi connectivity index (χ1) is 8.08. The molecule has 1 unspecified atom stereocenters. The van der Waals surface area contributed by atoms with Gasteiger partial charge in [-0.2, -0.15) is 5.26 Å². The van der Waals surface area contributed by atoms with Gasteiger partial charge in [-0.15, -0.1) is 0 Å². The summed E-state index contributed by atoms with van der Waals surface area (Å²) in [6.07, 6.45) is 0.262. The lowest BCUT2D eigenvalue weighted by Crippen LogP contribution is -2.14. The Hall–Kier alpha value is -1.69. The van der Waals surface area contributed by atoms with Gasteiger partial charge in [0.1, 0.15) is 6.07 Å². The number of nitriles is 1. The van der Waals surface area contributed by atoms with E-state index in [9.17, 15) is 10.1 Å². The van der Waals surface area contributed by atoms with Crippen LogP contribution in [0.15, 0.2) is 17.3 Å². The van der Waals surface area contributed by atoms with Gasteiger partial charge < -0.3 is 10.2 Å². The van der Waals surface area contributed by atoms with Crippen LogP contribution in [-0.2, 0) is 0 Å². The van der Waals surface area contributed by atoms with Crippen molar-refractivity contribution < 1.29 is 15.1 Å². The molecule has 0 radical (unpaired) electrons.